The summed E-state index contributed by atoms with van der Waals surface area (Å²) in [4.78, 5) is 8.47. The largest absolute Gasteiger partial charge is 0.324 e. The lowest BCUT2D eigenvalue weighted by Gasteiger charge is -2.04. The highest BCUT2D eigenvalue weighted by Crippen LogP contribution is 2.23. The van der Waals surface area contributed by atoms with Gasteiger partial charge in [0.05, 0.1) is 0 Å². The summed E-state index contributed by atoms with van der Waals surface area (Å²) in [6, 6.07) is 0. The van der Waals surface area contributed by atoms with Crippen LogP contribution >= 0.6 is 7.80 Å². The van der Waals surface area contributed by atoms with Gasteiger partial charge >= 0.3 is 0 Å². The van der Waals surface area contributed by atoms with Gasteiger partial charge in [-0.2, -0.15) is 5.90 Å². The molecule has 0 spiro atoms. The molecular weight excluding hydrogens is 345 g/mol. The van der Waals surface area contributed by atoms with E-state index in [2.05, 4.69) is 16.8 Å². The van der Waals surface area contributed by atoms with Crippen molar-refractivity contribution in [1.29, 1.82) is 0 Å². The van der Waals surface area contributed by atoms with Crippen LogP contribution < -0.4 is 5.90 Å². The van der Waals surface area contributed by atoms with Gasteiger partial charge in [-0.05, 0) is 6.42 Å². The molecular formula is C21H46NO3P. The Morgan fingerprint density at radius 3 is 1.31 bits per heavy atom. The van der Waals surface area contributed by atoms with Gasteiger partial charge in [-0.15, -0.1) is 4.99 Å². The SMILES string of the molecule is CCCCCCCCCCCCCCCCCCCC[PH](=O)COON. The molecule has 1 unspecified atom stereocenters. The van der Waals surface area contributed by atoms with Crippen LogP contribution in [0.15, 0.2) is 0 Å². The molecule has 0 aromatic carbocycles. The molecule has 26 heavy (non-hydrogen) atoms. The van der Waals surface area contributed by atoms with Crippen LogP contribution in [-0.4, -0.2) is 12.5 Å². The van der Waals surface area contributed by atoms with Gasteiger partial charge in [0.1, 0.15) is 14.1 Å². The summed E-state index contributed by atoms with van der Waals surface area (Å²) in [7, 11) is -1.65. The van der Waals surface area contributed by atoms with E-state index in [9.17, 15) is 4.57 Å². The molecule has 0 aliphatic carbocycles. The first kappa shape index (κ1) is 26.1. The summed E-state index contributed by atoms with van der Waals surface area (Å²) in [5, 5.41) is 0. The third-order valence-electron chi connectivity index (χ3n) is 5.10. The molecule has 2 N–H and O–H groups in total. The zero-order valence-electron chi connectivity index (χ0n) is 17.4. The van der Waals surface area contributed by atoms with Gasteiger partial charge < -0.3 is 4.57 Å². The normalized spacial score (nSPS) is 12.5. The summed E-state index contributed by atoms with van der Waals surface area (Å²) in [5.41, 5.74) is 0. The molecule has 0 aliphatic heterocycles. The van der Waals surface area contributed by atoms with Crippen molar-refractivity contribution in [3.8, 4) is 0 Å². The Labute approximate surface area is 163 Å². The molecule has 158 valence electrons. The van der Waals surface area contributed by atoms with Crippen LogP contribution in [0.3, 0.4) is 0 Å². The van der Waals surface area contributed by atoms with Gasteiger partial charge in [-0.3, -0.25) is 0 Å². The van der Waals surface area contributed by atoms with E-state index in [0.717, 1.165) is 12.6 Å². The highest BCUT2D eigenvalue weighted by Gasteiger charge is 2.00. The van der Waals surface area contributed by atoms with Crippen molar-refractivity contribution in [2.45, 2.75) is 122 Å². The Morgan fingerprint density at radius 2 is 0.962 bits per heavy atom. The maximum absolute atomic E-state index is 11.5. The van der Waals surface area contributed by atoms with Crippen LogP contribution in [0.25, 0.3) is 0 Å². The predicted molar refractivity (Wildman–Crippen MR) is 114 cm³/mol. The number of rotatable bonds is 22. The van der Waals surface area contributed by atoms with Crippen LogP contribution in [0.4, 0.5) is 0 Å². The van der Waals surface area contributed by atoms with E-state index in [4.69, 9.17) is 5.90 Å². The molecule has 0 saturated carbocycles. The molecule has 0 aliphatic rings. The fourth-order valence-corrected chi connectivity index (χ4v) is 4.38. The summed E-state index contributed by atoms with van der Waals surface area (Å²) in [6.45, 7) is 2.28. The third kappa shape index (κ3) is 22.2. The van der Waals surface area contributed by atoms with Gasteiger partial charge in [0.15, 0.2) is 0 Å². The molecule has 0 radical (unpaired) electrons. The Kier molecular flexibility index (Phi) is 23.2. The van der Waals surface area contributed by atoms with Gasteiger partial charge in [0.2, 0.25) is 0 Å². The van der Waals surface area contributed by atoms with Crippen LogP contribution in [0.1, 0.15) is 122 Å². The first-order valence-corrected chi connectivity index (χ1v) is 13.1. The van der Waals surface area contributed by atoms with E-state index in [0.29, 0.717) is 0 Å². The van der Waals surface area contributed by atoms with E-state index in [-0.39, 0.29) is 6.35 Å². The molecule has 0 heterocycles. The van der Waals surface area contributed by atoms with Crippen LogP contribution in [0.2, 0.25) is 0 Å². The average Bonchev–Trinajstić information content (AvgIpc) is 2.65. The summed E-state index contributed by atoms with van der Waals surface area (Å²) in [6.07, 6.45) is 25.6. The first-order valence-electron chi connectivity index (χ1n) is 11.3. The minimum Gasteiger partial charge on any atom is -0.324 e. The second kappa shape index (κ2) is 23.1. The molecule has 0 saturated heterocycles. The summed E-state index contributed by atoms with van der Waals surface area (Å²) in [5.74, 6) is 4.73. The topological polar surface area (TPSA) is 61.5 Å². The number of unbranched alkanes of at least 4 members (excludes halogenated alkanes) is 17. The molecule has 0 aromatic rings. The minimum atomic E-state index is -1.65. The third-order valence-corrected chi connectivity index (χ3v) is 6.45. The van der Waals surface area contributed by atoms with E-state index < -0.39 is 7.80 Å². The molecule has 0 rings (SSSR count). The van der Waals surface area contributed by atoms with Crippen molar-refractivity contribution in [1.82, 2.24) is 0 Å². The first-order chi connectivity index (χ1) is 12.8. The maximum Gasteiger partial charge on any atom is 0.135 e. The van der Waals surface area contributed by atoms with Crippen molar-refractivity contribution >= 4 is 7.80 Å². The zero-order valence-corrected chi connectivity index (χ0v) is 18.4. The van der Waals surface area contributed by atoms with Crippen molar-refractivity contribution in [2.75, 3.05) is 12.5 Å². The van der Waals surface area contributed by atoms with Crippen molar-refractivity contribution in [2.24, 2.45) is 5.90 Å². The van der Waals surface area contributed by atoms with Gasteiger partial charge in [-0.25, -0.2) is 4.89 Å². The van der Waals surface area contributed by atoms with Gasteiger partial charge in [0, 0.05) is 6.16 Å². The Hall–Kier alpha value is 0.110. The fraction of sp³-hybridized carbons (Fsp3) is 1.00. The Balaban J connectivity index is 3.04. The predicted octanol–water partition coefficient (Wildman–Crippen LogP) is 7.37. The molecule has 0 amide bonds. The molecule has 0 aromatic heterocycles. The van der Waals surface area contributed by atoms with E-state index >= 15 is 0 Å². The quantitative estimate of drug-likeness (QED) is 0.0905. The molecule has 0 bridgehead atoms. The standard InChI is InChI=1S/C21H46NO3P/c1-2-3-4-5-6-7-8-9-10-11-12-13-14-15-16-17-18-19-20-26(23)21-24-25-22/h26H,2-22H2,1H3. The lowest BCUT2D eigenvalue weighted by molar-refractivity contribution is -0.285. The Bertz CT molecular complexity index is 290. The smallest absolute Gasteiger partial charge is 0.135 e. The minimum absolute atomic E-state index is 0.153. The molecule has 0 fully saturated rings. The fourth-order valence-electron chi connectivity index (χ4n) is 3.40. The molecule has 5 heteroatoms. The molecule has 4 nitrogen and oxygen atoms in total. The maximum atomic E-state index is 11.5. The van der Waals surface area contributed by atoms with E-state index in [1.54, 1.807) is 0 Å². The second-order valence-corrected chi connectivity index (χ2v) is 9.52. The number of hydrogen-bond donors (Lipinski definition) is 1. The van der Waals surface area contributed by atoms with Crippen LogP contribution in [0, 0.1) is 0 Å². The van der Waals surface area contributed by atoms with Crippen LogP contribution in [-0.2, 0) is 14.4 Å². The van der Waals surface area contributed by atoms with Crippen molar-refractivity contribution in [3.63, 3.8) is 0 Å². The highest BCUT2D eigenvalue weighted by atomic mass is 31.1. The summed E-state index contributed by atoms with van der Waals surface area (Å²) >= 11 is 0. The number of nitrogens with two attached hydrogens (primary N) is 1. The van der Waals surface area contributed by atoms with E-state index in [1.165, 1.54) is 109 Å². The van der Waals surface area contributed by atoms with Crippen molar-refractivity contribution in [3.05, 3.63) is 0 Å². The summed E-state index contributed by atoms with van der Waals surface area (Å²) < 4.78 is 11.5. The van der Waals surface area contributed by atoms with Gasteiger partial charge in [0.25, 0.3) is 0 Å². The Morgan fingerprint density at radius 1 is 0.615 bits per heavy atom. The number of hydrogen-bond acceptors (Lipinski definition) is 4. The van der Waals surface area contributed by atoms with Gasteiger partial charge in [-0.1, -0.05) is 116 Å². The lowest BCUT2D eigenvalue weighted by atomic mass is 10.0. The monoisotopic (exact) mass is 391 g/mol. The second-order valence-electron chi connectivity index (χ2n) is 7.66. The molecule has 1 atom stereocenters. The lowest BCUT2D eigenvalue weighted by Crippen LogP contribution is -2.00. The zero-order chi connectivity index (χ0) is 19.1. The average molecular weight is 392 g/mol. The van der Waals surface area contributed by atoms with Crippen molar-refractivity contribution < 1.29 is 14.4 Å². The van der Waals surface area contributed by atoms with E-state index in [1.807, 2.05) is 0 Å². The highest BCUT2D eigenvalue weighted by molar-refractivity contribution is 7.44. The van der Waals surface area contributed by atoms with Crippen LogP contribution in [0.5, 0.6) is 0 Å².